The number of aryl methyl sites for hydroxylation is 1. The van der Waals surface area contributed by atoms with Gasteiger partial charge in [0.15, 0.2) is 0 Å². The van der Waals surface area contributed by atoms with Crippen molar-refractivity contribution < 1.29 is 9.72 Å². The minimum atomic E-state index is -0.548. The molecule has 0 aliphatic carbocycles. The van der Waals surface area contributed by atoms with Crippen LogP contribution in [0.5, 0.6) is 0 Å². The Morgan fingerprint density at radius 1 is 1.24 bits per heavy atom. The molecule has 9 nitrogen and oxygen atoms in total. The molecule has 0 unspecified atom stereocenters. The first-order chi connectivity index (χ1) is 14.0. The highest BCUT2D eigenvalue weighted by Gasteiger charge is 2.16. The zero-order valence-corrected chi connectivity index (χ0v) is 15.4. The SMILES string of the molecule is N#Cc1c(CCCNC(=O)c2cccc([N+](=O)[O-])c2)nn(-c2ccccc2)c1N. The van der Waals surface area contributed by atoms with Crippen molar-refractivity contribution in [1.29, 1.82) is 5.26 Å². The first-order valence-corrected chi connectivity index (χ1v) is 8.87. The van der Waals surface area contributed by atoms with Crippen molar-refractivity contribution in [2.45, 2.75) is 12.8 Å². The van der Waals surface area contributed by atoms with E-state index in [2.05, 4.69) is 16.5 Å². The number of hydrogen-bond acceptors (Lipinski definition) is 6. The number of nitro groups is 1. The molecule has 29 heavy (non-hydrogen) atoms. The molecule has 0 aliphatic rings. The van der Waals surface area contributed by atoms with Gasteiger partial charge >= 0.3 is 0 Å². The van der Waals surface area contributed by atoms with Gasteiger partial charge in [-0.25, -0.2) is 4.68 Å². The lowest BCUT2D eigenvalue weighted by Crippen LogP contribution is -2.24. The number of nitrogens with one attached hydrogen (secondary N) is 1. The van der Waals surface area contributed by atoms with E-state index in [0.717, 1.165) is 5.69 Å². The second-order valence-electron chi connectivity index (χ2n) is 6.23. The molecule has 9 heteroatoms. The maximum absolute atomic E-state index is 12.2. The first-order valence-electron chi connectivity index (χ1n) is 8.87. The number of para-hydroxylation sites is 1. The van der Waals surface area contributed by atoms with E-state index in [-0.39, 0.29) is 17.1 Å². The van der Waals surface area contributed by atoms with E-state index < -0.39 is 10.8 Å². The van der Waals surface area contributed by atoms with Crippen molar-refractivity contribution in [3.8, 4) is 11.8 Å². The molecule has 1 aromatic heterocycles. The van der Waals surface area contributed by atoms with Crippen LogP contribution in [0.4, 0.5) is 11.5 Å². The monoisotopic (exact) mass is 390 g/mol. The van der Waals surface area contributed by atoms with Gasteiger partial charge in [-0.15, -0.1) is 0 Å². The van der Waals surface area contributed by atoms with E-state index in [9.17, 15) is 20.2 Å². The number of aromatic nitrogens is 2. The molecule has 0 saturated heterocycles. The van der Waals surface area contributed by atoms with Gasteiger partial charge in [0.05, 0.1) is 16.3 Å². The lowest BCUT2D eigenvalue weighted by molar-refractivity contribution is -0.384. The summed E-state index contributed by atoms with van der Waals surface area (Å²) in [4.78, 5) is 22.4. The van der Waals surface area contributed by atoms with E-state index >= 15 is 0 Å². The van der Waals surface area contributed by atoms with Crippen LogP contribution in [0.15, 0.2) is 54.6 Å². The average molecular weight is 390 g/mol. The van der Waals surface area contributed by atoms with Crippen LogP contribution in [-0.4, -0.2) is 27.2 Å². The van der Waals surface area contributed by atoms with Crippen LogP contribution in [0.3, 0.4) is 0 Å². The molecular formula is C20H18N6O3. The summed E-state index contributed by atoms with van der Waals surface area (Å²) in [5, 5.41) is 27.4. The molecule has 0 saturated carbocycles. The van der Waals surface area contributed by atoms with E-state index in [1.54, 1.807) is 0 Å². The minimum Gasteiger partial charge on any atom is -0.382 e. The maximum atomic E-state index is 12.2. The van der Waals surface area contributed by atoms with Gasteiger partial charge in [-0.05, 0) is 31.0 Å². The number of anilines is 1. The van der Waals surface area contributed by atoms with Crippen molar-refractivity contribution in [2.75, 3.05) is 12.3 Å². The predicted octanol–water partition coefficient (Wildman–Crippen LogP) is 2.60. The number of carbonyl (C=O) groups excluding carboxylic acids is 1. The summed E-state index contributed by atoms with van der Waals surface area (Å²) in [6.45, 7) is 0.324. The lowest BCUT2D eigenvalue weighted by atomic mass is 10.1. The third-order valence-electron chi connectivity index (χ3n) is 4.30. The van der Waals surface area contributed by atoms with Crippen molar-refractivity contribution >= 4 is 17.4 Å². The van der Waals surface area contributed by atoms with Gasteiger partial charge in [-0.2, -0.15) is 10.4 Å². The molecule has 0 aliphatic heterocycles. The van der Waals surface area contributed by atoms with Gasteiger partial charge in [0.2, 0.25) is 0 Å². The Balaban J connectivity index is 1.62. The molecule has 3 rings (SSSR count). The normalized spacial score (nSPS) is 10.3. The molecule has 2 aromatic carbocycles. The molecule has 0 radical (unpaired) electrons. The molecule has 0 atom stereocenters. The van der Waals surface area contributed by atoms with Gasteiger partial charge in [-0.3, -0.25) is 14.9 Å². The van der Waals surface area contributed by atoms with Crippen LogP contribution in [0.25, 0.3) is 5.69 Å². The number of rotatable bonds is 7. The average Bonchev–Trinajstić information content (AvgIpc) is 3.07. The highest BCUT2D eigenvalue weighted by Crippen LogP contribution is 2.21. The summed E-state index contributed by atoms with van der Waals surface area (Å²) in [6.07, 6.45) is 0.975. The van der Waals surface area contributed by atoms with Crippen LogP contribution in [0, 0.1) is 21.4 Å². The van der Waals surface area contributed by atoms with Gasteiger partial charge in [0.25, 0.3) is 11.6 Å². The number of nitrogen functional groups attached to an aromatic ring is 1. The number of nitriles is 1. The topological polar surface area (TPSA) is 140 Å². The Morgan fingerprint density at radius 3 is 2.69 bits per heavy atom. The Bertz CT molecular complexity index is 1090. The Kier molecular flexibility index (Phi) is 5.85. The van der Waals surface area contributed by atoms with Crippen LogP contribution < -0.4 is 11.1 Å². The van der Waals surface area contributed by atoms with E-state index in [1.165, 1.54) is 28.9 Å². The van der Waals surface area contributed by atoms with Gasteiger partial charge in [-0.1, -0.05) is 24.3 Å². The summed E-state index contributed by atoms with van der Waals surface area (Å²) in [6, 6.07) is 16.9. The predicted molar refractivity (Wildman–Crippen MR) is 106 cm³/mol. The number of nitro benzene ring substituents is 1. The molecular weight excluding hydrogens is 372 g/mol. The second kappa shape index (κ2) is 8.67. The first kappa shape index (κ1) is 19.6. The van der Waals surface area contributed by atoms with Crippen molar-refractivity contribution in [3.63, 3.8) is 0 Å². The third kappa shape index (κ3) is 4.39. The standard InChI is InChI=1S/C20H18N6O3/c21-13-17-18(24-25(19(17)22)15-7-2-1-3-8-15)10-5-11-23-20(27)14-6-4-9-16(12-14)26(28)29/h1-4,6-9,12H,5,10-11,22H2,(H,23,27). The number of nitrogens with two attached hydrogens (primary N) is 1. The number of benzene rings is 2. The number of non-ortho nitro benzene ring substituents is 1. The summed E-state index contributed by atoms with van der Waals surface area (Å²) in [5.41, 5.74) is 7.77. The molecule has 1 amide bonds. The Labute approximate surface area is 166 Å². The number of carbonyl (C=O) groups is 1. The number of hydrogen-bond donors (Lipinski definition) is 2. The van der Waals surface area contributed by atoms with E-state index in [0.29, 0.717) is 30.6 Å². The molecule has 1 heterocycles. The quantitative estimate of drug-likeness (QED) is 0.361. The molecule has 3 aromatic rings. The molecule has 0 spiro atoms. The summed E-state index contributed by atoms with van der Waals surface area (Å²) >= 11 is 0. The highest BCUT2D eigenvalue weighted by molar-refractivity contribution is 5.94. The number of amides is 1. The van der Waals surface area contributed by atoms with Crippen LogP contribution in [0.1, 0.15) is 28.0 Å². The fraction of sp³-hybridized carbons (Fsp3) is 0.150. The smallest absolute Gasteiger partial charge is 0.270 e. The van der Waals surface area contributed by atoms with Gasteiger partial charge < -0.3 is 11.1 Å². The number of nitrogens with zero attached hydrogens (tertiary/aromatic N) is 4. The fourth-order valence-corrected chi connectivity index (χ4v) is 2.86. The van der Waals surface area contributed by atoms with Gasteiger partial charge in [0.1, 0.15) is 17.5 Å². The maximum Gasteiger partial charge on any atom is 0.270 e. The third-order valence-corrected chi connectivity index (χ3v) is 4.30. The second-order valence-corrected chi connectivity index (χ2v) is 6.23. The lowest BCUT2D eigenvalue weighted by Gasteiger charge is -2.05. The van der Waals surface area contributed by atoms with Gasteiger partial charge in [0, 0.05) is 24.2 Å². The van der Waals surface area contributed by atoms with Crippen LogP contribution >= 0.6 is 0 Å². The van der Waals surface area contributed by atoms with Crippen LogP contribution in [-0.2, 0) is 6.42 Å². The van der Waals surface area contributed by atoms with Crippen molar-refractivity contribution in [3.05, 3.63) is 81.5 Å². The largest absolute Gasteiger partial charge is 0.382 e. The minimum absolute atomic E-state index is 0.141. The molecule has 0 fully saturated rings. The zero-order valence-electron chi connectivity index (χ0n) is 15.4. The molecule has 0 bridgehead atoms. The molecule has 146 valence electrons. The van der Waals surface area contributed by atoms with E-state index in [1.807, 2.05) is 30.3 Å². The zero-order chi connectivity index (χ0) is 20.8. The highest BCUT2D eigenvalue weighted by atomic mass is 16.6. The van der Waals surface area contributed by atoms with Crippen molar-refractivity contribution in [2.24, 2.45) is 0 Å². The van der Waals surface area contributed by atoms with Crippen molar-refractivity contribution in [1.82, 2.24) is 15.1 Å². The Morgan fingerprint density at radius 2 is 2.00 bits per heavy atom. The fourth-order valence-electron chi connectivity index (χ4n) is 2.86. The van der Waals surface area contributed by atoms with E-state index in [4.69, 9.17) is 5.73 Å². The van der Waals surface area contributed by atoms with Crippen LogP contribution in [0.2, 0.25) is 0 Å². The summed E-state index contributed by atoms with van der Waals surface area (Å²) in [7, 11) is 0. The summed E-state index contributed by atoms with van der Waals surface area (Å²) < 4.78 is 1.52. The molecule has 3 N–H and O–H groups in total. The summed E-state index contributed by atoms with van der Waals surface area (Å²) in [5.74, 6) is -0.127. The Hall–Kier alpha value is -4.19.